The number of piperidine rings is 1. The fourth-order valence-corrected chi connectivity index (χ4v) is 2.67. The van der Waals surface area contributed by atoms with Crippen LogP contribution in [-0.2, 0) is 9.53 Å². The molecule has 0 unspecified atom stereocenters. The number of carbonyl (C=O) groups excluding carboxylic acids is 1. The van der Waals surface area contributed by atoms with E-state index < -0.39 is 6.09 Å². The molecule has 0 aromatic carbocycles. The van der Waals surface area contributed by atoms with Crippen LogP contribution in [-0.4, -0.2) is 42.3 Å². The highest BCUT2D eigenvalue weighted by atomic mass is 16.5. The first-order valence-corrected chi connectivity index (χ1v) is 6.26. The zero-order valence-corrected chi connectivity index (χ0v) is 11.7. The molecule has 1 heterocycles. The first kappa shape index (κ1) is 14.8. The second-order valence-electron chi connectivity index (χ2n) is 6.05. The molecule has 1 aliphatic rings. The molecule has 5 heteroatoms. The lowest BCUT2D eigenvalue weighted by Crippen LogP contribution is -2.49. The van der Waals surface area contributed by atoms with Gasteiger partial charge in [-0.2, -0.15) is 0 Å². The van der Waals surface area contributed by atoms with Crippen molar-refractivity contribution in [2.75, 3.05) is 20.2 Å². The second-order valence-corrected chi connectivity index (χ2v) is 6.05. The van der Waals surface area contributed by atoms with E-state index in [9.17, 15) is 9.59 Å². The summed E-state index contributed by atoms with van der Waals surface area (Å²) in [7, 11) is 1.39. The third-order valence-corrected chi connectivity index (χ3v) is 4.29. The molecule has 0 aliphatic carbocycles. The molecule has 0 aromatic rings. The molecule has 1 saturated heterocycles. The summed E-state index contributed by atoms with van der Waals surface area (Å²) in [6, 6.07) is 0. The Hall–Kier alpha value is -1.26. The van der Waals surface area contributed by atoms with Crippen molar-refractivity contribution in [3.05, 3.63) is 0 Å². The molecule has 5 nitrogen and oxygen atoms in total. The number of hydrogen-bond donors (Lipinski definition) is 1. The Morgan fingerprint density at radius 1 is 1.28 bits per heavy atom. The highest BCUT2D eigenvalue weighted by Crippen LogP contribution is 2.49. The minimum Gasteiger partial charge on any atom is -0.469 e. The number of methoxy groups -OCH3 is 1. The number of hydrogen-bond acceptors (Lipinski definition) is 3. The first-order chi connectivity index (χ1) is 8.22. The molecule has 0 atom stereocenters. The number of carbonyl (C=O) groups is 2. The summed E-state index contributed by atoms with van der Waals surface area (Å²) in [5.74, 6) is -0.214. The van der Waals surface area contributed by atoms with Crippen molar-refractivity contribution in [2.24, 2.45) is 10.8 Å². The first-order valence-electron chi connectivity index (χ1n) is 6.26. The Kier molecular flexibility index (Phi) is 4.24. The fourth-order valence-electron chi connectivity index (χ4n) is 2.67. The van der Waals surface area contributed by atoms with E-state index in [1.165, 1.54) is 12.0 Å². The summed E-state index contributed by atoms with van der Waals surface area (Å²) in [5, 5.41) is 8.97. The lowest BCUT2D eigenvalue weighted by molar-refractivity contribution is -0.147. The fraction of sp³-hybridized carbons (Fsp3) is 0.846. The van der Waals surface area contributed by atoms with Crippen LogP contribution in [0.15, 0.2) is 0 Å². The third-order valence-electron chi connectivity index (χ3n) is 4.29. The maximum absolute atomic E-state index is 11.6. The molecular formula is C13H23NO4. The van der Waals surface area contributed by atoms with Crippen molar-refractivity contribution < 1.29 is 19.4 Å². The van der Waals surface area contributed by atoms with Crippen LogP contribution in [0.25, 0.3) is 0 Å². The van der Waals surface area contributed by atoms with Crippen LogP contribution >= 0.6 is 0 Å². The maximum Gasteiger partial charge on any atom is 0.407 e. The summed E-state index contributed by atoms with van der Waals surface area (Å²) in [6.45, 7) is 7.29. The van der Waals surface area contributed by atoms with Gasteiger partial charge >= 0.3 is 12.1 Å². The van der Waals surface area contributed by atoms with E-state index in [1.807, 2.05) is 0 Å². The average Bonchev–Trinajstić information content (AvgIpc) is 2.28. The Morgan fingerprint density at radius 2 is 1.78 bits per heavy atom. The molecule has 1 amide bonds. The molecule has 104 valence electrons. The number of amides is 1. The monoisotopic (exact) mass is 257 g/mol. The van der Waals surface area contributed by atoms with E-state index in [2.05, 4.69) is 20.8 Å². The quantitative estimate of drug-likeness (QED) is 0.771. The van der Waals surface area contributed by atoms with Gasteiger partial charge in [0.1, 0.15) is 0 Å². The Balaban J connectivity index is 2.83. The number of rotatable bonds is 2. The average molecular weight is 257 g/mol. The van der Waals surface area contributed by atoms with Crippen molar-refractivity contribution >= 4 is 12.1 Å². The zero-order valence-electron chi connectivity index (χ0n) is 11.7. The molecule has 0 bridgehead atoms. The minimum atomic E-state index is -0.879. The lowest BCUT2D eigenvalue weighted by atomic mass is 9.60. The SMILES string of the molecule is COC(=O)CC1(C(C)(C)C)CCN(C(=O)O)CC1. The topological polar surface area (TPSA) is 66.8 Å². The highest BCUT2D eigenvalue weighted by molar-refractivity contribution is 5.70. The summed E-state index contributed by atoms with van der Waals surface area (Å²) >= 11 is 0. The Morgan fingerprint density at radius 3 is 2.11 bits per heavy atom. The van der Waals surface area contributed by atoms with Gasteiger partial charge in [-0.05, 0) is 23.7 Å². The smallest absolute Gasteiger partial charge is 0.407 e. The van der Waals surface area contributed by atoms with Crippen molar-refractivity contribution in [2.45, 2.75) is 40.0 Å². The number of nitrogens with zero attached hydrogens (tertiary/aromatic N) is 1. The number of likely N-dealkylation sites (tertiary alicyclic amines) is 1. The molecule has 1 fully saturated rings. The zero-order chi connectivity index (χ0) is 14.0. The van der Waals surface area contributed by atoms with Gasteiger partial charge in [0.25, 0.3) is 0 Å². The van der Waals surface area contributed by atoms with Crippen LogP contribution in [0, 0.1) is 10.8 Å². The molecule has 1 rings (SSSR count). The molecular weight excluding hydrogens is 234 g/mol. The van der Waals surface area contributed by atoms with Crippen LogP contribution in [0.5, 0.6) is 0 Å². The maximum atomic E-state index is 11.6. The molecule has 18 heavy (non-hydrogen) atoms. The van der Waals surface area contributed by atoms with E-state index in [0.29, 0.717) is 32.4 Å². The predicted octanol–water partition coefficient (Wildman–Crippen LogP) is 2.36. The van der Waals surface area contributed by atoms with Gasteiger partial charge in [0.2, 0.25) is 0 Å². The van der Waals surface area contributed by atoms with Gasteiger partial charge in [-0.25, -0.2) is 4.79 Å². The van der Waals surface area contributed by atoms with Gasteiger partial charge in [0.15, 0.2) is 0 Å². The summed E-state index contributed by atoms with van der Waals surface area (Å²) < 4.78 is 4.78. The minimum absolute atomic E-state index is 0.0498. The number of carboxylic acid groups (broad SMARTS) is 1. The van der Waals surface area contributed by atoms with Gasteiger partial charge < -0.3 is 14.7 Å². The lowest BCUT2D eigenvalue weighted by Gasteiger charge is -2.49. The van der Waals surface area contributed by atoms with Crippen molar-refractivity contribution in [3.63, 3.8) is 0 Å². The van der Waals surface area contributed by atoms with E-state index >= 15 is 0 Å². The van der Waals surface area contributed by atoms with Gasteiger partial charge in [0, 0.05) is 13.1 Å². The summed E-state index contributed by atoms with van der Waals surface area (Å²) in [4.78, 5) is 23.9. The van der Waals surface area contributed by atoms with Crippen LogP contribution in [0.3, 0.4) is 0 Å². The number of esters is 1. The van der Waals surface area contributed by atoms with Crippen LogP contribution in [0.4, 0.5) is 4.79 Å². The van der Waals surface area contributed by atoms with Crippen LogP contribution in [0.1, 0.15) is 40.0 Å². The molecule has 0 saturated carbocycles. The largest absolute Gasteiger partial charge is 0.469 e. The van der Waals surface area contributed by atoms with Crippen molar-refractivity contribution in [3.8, 4) is 0 Å². The van der Waals surface area contributed by atoms with E-state index in [0.717, 1.165) is 0 Å². The molecule has 0 radical (unpaired) electrons. The predicted molar refractivity (Wildman–Crippen MR) is 67.4 cm³/mol. The molecule has 1 aliphatic heterocycles. The van der Waals surface area contributed by atoms with Gasteiger partial charge in [-0.3, -0.25) is 4.79 Å². The normalized spacial score (nSPS) is 19.4. The van der Waals surface area contributed by atoms with Gasteiger partial charge in [0.05, 0.1) is 13.5 Å². The van der Waals surface area contributed by atoms with E-state index in [4.69, 9.17) is 9.84 Å². The molecule has 1 N–H and O–H groups in total. The van der Waals surface area contributed by atoms with Crippen molar-refractivity contribution in [1.29, 1.82) is 0 Å². The van der Waals surface area contributed by atoms with Crippen molar-refractivity contribution in [1.82, 2.24) is 4.90 Å². The molecule has 0 spiro atoms. The van der Waals surface area contributed by atoms with E-state index in [1.54, 1.807) is 0 Å². The second kappa shape index (κ2) is 5.16. The molecule has 0 aromatic heterocycles. The van der Waals surface area contributed by atoms with Crippen LogP contribution < -0.4 is 0 Å². The van der Waals surface area contributed by atoms with Crippen LogP contribution in [0.2, 0.25) is 0 Å². The summed E-state index contributed by atoms with van der Waals surface area (Å²) in [5.41, 5.74) is -0.224. The Bertz CT molecular complexity index is 324. The van der Waals surface area contributed by atoms with Gasteiger partial charge in [-0.1, -0.05) is 20.8 Å². The Labute approximate surface area is 108 Å². The standard InChI is InChI=1S/C13H23NO4/c1-12(2,3)13(9-10(15)18-4)5-7-14(8-6-13)11(16)17/h5-9H2,1-4H3,(H,16,17). The van der Waals surface area contributed by atoms with E-state index in [-0.39, 0.29) is 16.8 Å². The number of ether oxygens (including phenoxy) is 1. The highest BCUT2D eigenvalue weighted by Gasteiger charge is 2.46. The third kappa shape index (κ3) is 2.94. The summed E-state index contributed by atoms with van der Waals surface area (Å²) in [6.07, 6.45) is 0.895. The van der Waals surface area contributed by atoms with Gasteiger partial charge in [-0.15, -0.1) is 0 Å².